The minimum absolute atomic E-state index is 0.153. The fraction of sp³-hybridized carbons (Fsp3) is 0.179. The molecule has 0 saturated heterocycles. The summed E-state index contributed by atoms with van der Waals surface area (Å²) in [5.74, 6) is 0.446. The fourth-order valence-corrected chi connectivity index (χ4v) is 3.95. The lowest BCUT2D eigenvalue weighted by Gasteiger charge is -2.12. The van der Waals surface area contributed by atoms with Crippen LogP contribution in [0.1, 0.15) is 25.0 Å². The third-order valence-corrected chi connectivity index (χ3v) is 5.76. The summed E-state index contributed by atoms with van der Waals surface area (Å²) >= 11 is 0. The van der Waals surface area contributed by atoms with Gasteiger partial charge in [0, 0.05) is 40.8 Å². The first kappa shape index (κ1) is 24.5. The Balaban J connectivity index is 1.72. The molecule has 3 aromatic carbocycles. The van der Waals surface area contributed by atoms with Crippen molar-refractivity contribution in [1.29, 1.82) is 0 Å². The summed E-state index contributed by atoms with van der Waals surface area (Å²) in [7, 11) is 1.43. The average molecular weight is 487 g/mol. The van der Waals surface area contributed by atoms with E-state index in [1.807, 2.05) is 50.2 Å². The number of amides is 1. The monoisotopic (exact) mass is 486 g/mol. The number of allylic oxidation sites excluding steroid dienone is 1. The van der Waals surface area contributed by atoms with Crippen molar-refractivity contribution in [2.24, 2.45) is 0 Å². The summed E-state index contributed by atoms with van der Waals surface area (Å²) in [6.45, 7) is 6.16. The number of nitro benzene ring substituents is 1. The summed E-state index contributed by atoms with van der Waals surface area (Å²) in [5, 5.41) is 14.7. The van der Waals surface area contributed by atoms with Gasteiger partial charge >= 0.3 is 0 Å². The Labute approximate surface area is 208 Å². The van der Waals surface area contributed by atoms with E-state index in [-0.39, 0.29) is 11.4 Å². The lowest BCUT2D eigenvalue weighted by molar-refractivity contribution is -0.384. The number of carbonyl (C=O) groups excluding carboxylic acids is 1. The summed E-state index contributed by atoms with van der Waals surface area (Å²) in [6.07, 6.45) is 3.14. The smallest absolute Gasteiger partial charge is 0.271 e. The Bertz CT molecular complexity index is 1470. The highest BCUT2D eigenvalue weighted by atomic mass is 16.6. The van der Waals surface area contributed by atoms with Crippen LogP contribution in [0, 0.1) is 17.0 Å². The number of aryl methyl sites for hydroxylation is 1. The van der Waals surface area contributed by atoms with Crippen molar-refractivity contribution in [1.82, 2.24) is 0 Å². The van der Waals surface area contributed by atoms with E-state index in [2.05, 4.69) is 5.32 Å². The predicted molar refractivity (Wildman–Crippen MR) is 139 cm³/mol. The maximum Gasteiger partial charge on any atom is 0.271 e. The molecule has 8 nitrogen and oxygen atoms in total. The van der Waals surface area contributed by atoms with Crippen molar-refractivity contribution in [3.63, 3.8) is 0 Å². The molecule has 0 spiro atoms. The number of furan rings is 1. The summed E-state index contributed by atoms with van der Waals surface area (Å²) in [4.78, 5) is 23.5. The molecule has 0 atom stereocenters. The van der Waals surface area contributed by atoms with Crippen LogP contribution in [0.25, 0.3) is 27.7 Å². The van der Waals surface area contributed by atoms with Crippen LogP contribution in [0.15, 0.2) is 71.4 Å². The summed E-state index contributed by atoms with van der Waals surface area (Å²) < 4.78 is 16.9. The molecule has 0 fully saturated rings. The van der Waals surface area contributed by atoms with Gasteiger partial charge in [0.25, 0.3) is 5.69 Å². The highest BCUT2D eigenvalue weighted by molar-refractivity contribution is 6.06. The van der Waals surface area contributed by atoms with Gasteiger partial charge in [0.15, 0.2) is 0 Å². The van der Waals surface area contributed by atoms with Crippen LogP contribution in [-0.4, -0.2) is 24.5 Å². The second-order valence-corrected chi connectivity index (χ2v) is 8.25. The number of hydrogen-bond donors (Lipinski definition) is 1. The third-order valence-electron chi connectivity index (χ3n) is 5.76. The first-order valence-corrected chi connectivity index (χ1v) is 11.4. The number of carbonyl (C=O) groups is 1. The Kier molecular flexibility index (Phi) is 7.05. The molecule has 4 aromatic rings. The molecule has 1 heterocycles. The van der Waals surface area contributed by atoms with Crippen LogP contribution in [0.2, 0.25) is 0 Å². The number of anilines is 1. The highest BCUT2D eigenvalue weighted by Crippen LogP contribution is 2.38. The lowest BCUT2D eigenvalue weighted by atomic mass is 9.98. The number of fused-ring (bicyclic) bond motifs is 1. The average Bonchev–Trinajstić information content (AvgIpc) is 3.26. The maximum absolute atomic E-state index is 12.9. The largest absolute Gasteiger partial charge is 0.495 e. The first-order chi connectivity index (χ1) is 17.3. The van der Waals surface area contributed by atoms with Crippen LogP contribution in [0.5, 0.6) is 11.5 Å². The molecule has 184 valence electrons. The Hall–Kier alpha value is -4.59. The zero-order valence-corrected chi connectivity index (χ0v) is 20.5. The van der Waals surface area contributed by atoms with Gasteiger partial charge in [0.05, 0.1) is 30.6 Å². The van der Waals surface area contributed by atoms with Crippen molar-refractivity contribution in [3.05, 3.63) is 88.2 Å². The van der Waals surface area contributed by atoms with Crippen molar-refractivity contribution in [2.75, 3.05) is 19.0 Å². The molecular formula is C28H26N2O6. The van der Waals surface area contributed by atoms with E-state index in [9.17, 15) is 14.9 Å². The fourth-order valence-electron chi connectivity index (χ4n) is 3.95. The summed E-state index contributed by atoms with van der Waals surface area (Å²) in [5.41, 5.74) is 5.24. The number of hydrogen-bond acceptors (Lipinski definition) is 6. The molecular weight excluding hydrogens is 460 g/mol. The number of benzene rings is 3. The van der Waals surface area contributed by atoms with Gasteiger partial charge in [-0.1, -0.05) is 29.8 Å². The van der Waals surface area contributed by atoms with Crippen molar-refractivity contribution in [3.8, 4) is 22.6 Å². The second-order valence-electron chi connectivity index (χ2n) is 8.25. The van der Waals surface area contributed by atoms with Crippen molar-refractivity contribution in [2.45, 2.75) is 20.8 Å². The predicted octanol–water partition coefficient (Wildman–Crippen LogP) is 6.77. The molecule has 0 unspecified atom stereocenters. The van der Waals surface area contributed by atoms with E-state index >= 15 is 0 Å². The van der Waals surface area contributed by atoms with Gasteiger partial charge in [-0.25, -0.2) is 0 Å². The Morgan fingerprint density at radius 2 is 1.86 bits per heavy atom. The van der Waals surface area contributed by atoms with Gasteiger partial charge in [-0.05, 0) is 44.0 Å². The normalized spacial score (nSPS) is 11.4. The Morgan fingerprint density at radius 3 is 2.53 bits per heavy atom. The molecule has 0 saturated carbocycles. The van der Waals surface area contributed by atoms with Crippen LogP contribution in [0.4, 0.5) is 11.4 Å². The van der Waals surface area contributed by atoms with Crippen molar-refractivity contribution < 1.29 is 23.6 Å². The maximum atomic E-state index is 12.9. The molecule has 0 aliphatic rings. The molecule has 1 N–H and O–H groups in total. The van der Waals surface area contributed by atoms with Gasteiger partial charge in [-0.2, -0.15) is 0 Å². The van der Waals surface area contributed by atoms with Gasteiger partial charge in [-0.15, -0.1) is 0 Å². The second kappa shape index (κ2) is 10.4. The number of methoxy groups -OCH3 is 1. The van der Waals surface area contributed by atoms with E-state index in [0.29, 0.717) is 29.3 Å². The van der Waals surface area contributed by atoms with Gasteiger partial charge < -0.3 is 19.2 Å². The van der Waals surface area contributed by atoms with Crippen LogP contribution in [0.3, 0.4) is 0 Å². The Morgan fingerprint density at radius 1 is 1.11 bits per heavy atom. The highest BCUT2D eigenvalue weighted by Gasteiger charge is 2.17. The van der Waals surface area contributed by atoms with E-state index in [4.69, 9.17) is 13.9 Å². The molecule has 8 heteroatoms. The molecule has 4 rings (SSSR count). The molecule has 36 heavy (non-hydrogen) atoms. The van der Waals surface area contributed by atoms with Crippen LogP contribution >= 0.6 is 0 Å². The van der Waals surface area contributed by atoms with E-state index in [1.54, 1.807) is 13.2 Å². The third kappa shape index (κ3) is 5.07. The molecule has 0 aliphatic carbocycles. The zero-order valence-electron chi connectivity index (χ0n) is 20.5. The van der Waals surface area contributed by atoms with E-state index in [1.165, 1.54) is 31.4 Å². The minimum Gasteiger partial charge on any atom is -0.495 e. The standard InChI is InChI=1S/C28H26N2O6/c1-5-35-26-15-27-22(23(16-36-27)19-8-6-17(2)7-9-19)14-21(26)18(3)12-28(31)29-24-13-20(30(32)33)10-11-25(24)34-4/h6-16H,5H2,1-4H3,(H,29,31)/b18-12+. The number of nitrogens with one attached hydrogen (secondary N) is 1. The van der Waals surface area contributed by atoms with E-state index < -0.39 is 10.8 Å². The number of nitro groups is 1. The first-order valence-electron chi connectivity index (χ1n) is 11.4. The number of non-ortho nitro benzene ring substituents is 1. The molecule has 0 aliphatic heterocycles. The van der Waals surface area contributed by atoms with Crippen LogP contribution in [-0.2, 0) is 4.79 Å². The quantitative estimate of drug-likeness (QED) is 0.167. The lowest BCUT2D eigenvalue weighted by Crippen LogP contribution is -2.10. The molecule has 0 bridgehead atoms. The molecule has 1 amide bonds. The van der Waals surface area contributed by atoms with E-state index in [0.717, 1.165) is 27.6 Å². The SMILES string of the molecule is CCOc1cc2occ(-c3ccc(C)cc3)c2cc1/C(C)=C/C(=O)Nc1cc([N+](=O)[O-])ccc1OC. The summed E-state index contributed by atoms with van der Waals surface area (Å²) in [6, 6.07) is 16.0. The number of nitrogens with zero attached hydrogens (tertiary/aromatic N) is 1. The minimum atomic E-state index is -0.531. The van der Waals surface area contributed by atoms with Crippen molar-refractivity contribution >= 4 is 33.8 Å². The van der Waals surface area contributed by atoms with Gasteiger partial charge in [0.1, 0.15) is 17.1 Å². The number of rotatable bonds is 8. The number of ether oxygens (including phenoxy) is 2. The van der Waals surface area contributed by atoms with Gasteiger partial charge in [0.2, 0.25) is 5.91 Å². The molecule has 0 radical (unpaired) electrons. The molecule has 1 aromatic heterocycles. The van der Waals surface area contributed by atoms with Gasteiger partial charge in [-0.3, -0.25) is 14.9 Å². The van der Waals surface area contributed by atoms with Crippen LogP contribution < -0.4 is 14.8 Å². The topological polar surface area (TPSA) is 104 Å². The zero-order chi connectivity index (χ0) is 25.8.